The van der Waals surface area contributed by atoms with Crippen molar-refractivity contribution in [3.05, 3.63) is 29.8 Å². The van der Waals surface area contributed by atoms with Crippen LogP contribution in [-0.2, 0) is 9.53 Å². The summed E-state index contributed by atoms with van der Waals surface area (Å²) < 4.78 is 48.7. The fourth-order valence-corrected chi connectivity index (χ4v) is 1.52. The lowest BCUT2D eigenvalue weighted by Gasteiger charge is -2.23. The van der Waals surface area contributed by atoms with Crippen molar-refractivity contribution in [1.82, 2.24) is 5.32 Å². The summed E-state index contributed by atoms with van der Waals surface area (Å²) in [5.74, 6) is -0.392. The number of methoxy groups -OCH3 is 2. The number of rotatable bonds is 5. The first-order chi connectivity index (χ1) is 9.29. The quantitative estimate of drug-likeness (QED) is 0.906. The van der Waals surface area contributed by atoms with Crippen molar-refractivity contribution in [2.45, 2.75) is 25.2 Å². The van der Waals surface area contributed by atoms with Gasteiger partial charge in [-0.3, -0.25) is 4.79 Å². The predicted octanol–water partition coefficient (Wildman–Crippen LogP) is 2.45. The van der Waals surface area contributed by atoms with E-state index in [9.17, 15) is 18.0 Å². The van der Waals surface area contributed by atoms with Crippen molar-refractivity contribution < 1.29 is 27.4 Å². The van der Waals surface area contributed by atoms with Crippen molar-refractivity contribution in [3.63, 3.8) is 0 Å². The van der Waals surface area contributed by atoms with Crippen molar-refractivity contribution >= 4 is 5.91 Å². The van der Waals surface area contributed by atoms with Gasteiger partial charge in [0, 0.05) is 7.11 Å². The van der Waals surface area contributed by atoms with Crippen LogP contribution in [0, 0.1) is 0 Å². The molecule has 1 N–H and O–H groups in total. The zero-order valence-electron chi connectivity index (χ0n) is 11.3. The molecule has 4 nitrogen and oxygen atoms in total. The molecule has 0 aliphatic carbocycles. The molecule has 0 fully saturated rings. The van der Waals surface area contributed by atoms with Crippen LogP contribution in [0.15, 0.2) is 24.3 Å². The summed E-state index contributed by atoms with van der Waals surface area (Å²) in [6.45, 7) is 1.37. The van der Waals surface area contributed by atoms with Crippen LogP contribution in [0.4, 0.5) is 13.2 Å². The molecule has 0 aliphatic heterocycles. The third-order valence-electron chi connectivity index (χ3n) is 2.79. The van der Waals surface area contributed by atoms with Gasteiger partial charge in [-0.25, -0.2) is 0 Å². The standard InChI is InChI=1S/C13H16F3NO3/c1-8(19-2)12(18)17-11(13(14,15)16)9-4-6-10(20-3)7-5-9/h4-8,11H,1-3H3,(H,17,18)/t8-,11-/m0/s1. The fraction of sp³-hybridized carbons (Fsp3) is 0.462. The Balaban J connectivity index is 2.97. The zero-order chi connectivity index (χ0) is 15.3. The van der Waals surface area contributed by atoms with E-state index in [4.69, 9.17) is 9.47 Å². The number of hydrogen-bond donors (Lipinski definition) is 1. The first kappa shape index (κ1) is 16.3. The number of alkyl halides is 3. The Bertz CT molecular complexity index is 445. The van der Waals surface area contributed by atoms with E-state index < -0.39 is 24.2 Å². The van der Waals surface area contributed by atoms with E-state index in [-0.39, 0.29) is 5.56 Å². The molecular formula is C13H16F3NO3. The molecule has 1 rings (SSSR count). The maximum absolute atomic E-state index is 13.0. The first-order valence-corrected chi connectivity index (χ1v) is 5.83. The number of amides is 1. The number of nitrogens with one attached hydrogen (secondary N) is 1. The minimum absolute atomic E-state index is 0.0741. The van der Waals surface area contributed by atoms with Gasteiger partial charge in [-0.1, -0.05) is 12.1 Å². The number of benzene rings is 1. The molecule has 1 amide bonds. The molecule has 20 heavy (non-hydrogen) atoms. The lowest BCUT2D eigenvalue weighted by atomic mass is 10.1. The lowest BCUT2D eigenvalue weighted by molar-refractivity contribution is -0.166. The second kappa shape index (κ2) is 6.60. The van der Waals surface area contributed by atoms with Crippen molar-refractivity contribution in [3.8, 4) is 5.75 Å². The van der Waals surface area contributed by atoms with Gasteiger partial charge in [-0.2, -0.15) is 13.2 Å². The third kappa shape index (κ3) is 4.12. The predicted molar refractivity (Wildman–Crippen MR) is 66.4 cm³/mol. The van der Waals surface area contributed by atoms with Gasteiger partial charge in [0.1, 0.15) is 11.9 Å². The number of halogens is 3. The van der Waals surface area contributed by atoms with E-state index in [2.05, 4.69) is 0 Å². The third-order valence-corrected chi connectivity index (χ3v) is 2.79. The molecule has 0 heterocycles. The smallest absolute Gasteiger partial charge is 0.412 e. The summed E-state index contributed by atoms with van der Waals surface area (Å²) in [6.07, 6.45) is -5.56. The summed E-state index contributed by atoms with van der Waals surface area (Å²) in [7, 11) is 2.67. The summed E-state index contributed by atoms with van der Waals surface area (Å²) in [5.41, 5.74) is -0.0741. The van der Waals surface area contributed by atoms with Gasteiger partial charge in [-0.15, -0.1) is 0 Å². The van der Waals surface area contributed by atoms with Crippen LogP contribution in [0.3, 0.4) is 0 Å². The summed E-state index contributed by atoms with van der Waals surface area (Å²) in [4.78, 5) is 11.6. The maximum Gasteiger partial charge on any atom is 0.412 e. The second-order valence-electron chi connectivity index (χ2n) is 4.13. The highest BCUT2D eigenvalue weighted by Gasteiger charge is 2.42. The van der Waals surface area contributed by atoms with Gasteiger partial charge < -0.3 is 14.8 Å². The molecule has 1 aromatic rings. The molecule has 0 aliphatic rings. The van der Waals surface area contributed by atoms with Crippen LogP contribution < -0.4 is 10.1 Å². The van der Waals surface area contributed by atoms with Crippen LogP contribution in [0.1, 0.15) is 18.5 Å². The number of ether oxygens (including phenoxy) is 2. The molecule has 0 saturated carbocycles. The molecule has 1 aromatic carbocycles. The SMILES string of the molecule is COc1ccc([C@H](NC(=O)[C@H](C)OC)C(F)(F)F)cc1. The van der Waals surface area contributed by atoms with E-state index in [0.717, 1.165) is 0 Å². The van der Waals surface area contributed by atoms with E-state index in [0.29, 0.717) is 5.75 Å². The Morgan fingerprint density at radius 1 is 1.20 bits per heavy atom. The number of hydrogen-bond acceptors (Lipinski definition) is 3. The van der Waals surface area contributed by atoms with Crippen LogP contribution in [0.2, 0.25) is 0 Å². The molecule has 0 spiro atoms. The van der Waals surface area contributed by atoms with E-state index in [1.54, 1.807) is 0 Å². The van der Waals surface area contributed by atoms with Crippen molar-refractivity contribution in [2.75, 3.05) is 14.2 Å². The Hall–Kier alpha value is -1.76. The van der Waals surface area contributed by atoms with Gasteiger partial charge in [0.2, 0.25) is 5.91 Å². The highest BCUT2D eigenvalue weighted by Crippen LogP contribution is 2.33. The van der Waals surface area contributed by atoms with E-state index in [1.807, 2.05) is 5.32 Å². The van der Waals surface area contributed by atoms with Gasteiger partial charge >= 0.3 is 6.18 Å². The van der Waals surface area contributed by atoms with Gasteiger partial charge in [0.25, 0.3) is 0 Å². The average Bonchev–Trinajstić information content (AvgIpc) is 2.42. The van der Waals surface area contributed by atoms with Crippen molar-refractivity contribution in [1.29, 1.82) is 0 Å². The zero-order valence-corrected chi connectivity index (χ0v) is 11.3. The summed E-state index contributed by atoms with van der Waals surface area (Å²) in [6, 6.07) is 3.24. The molecule has 0 saturated heterocycles. The largest absolute Gasteiger partial charge is 0.497 e. The molecule has 2 atom stereocenters. The van der Waals surface area contributed by atoms with E-state index in [1.165, 1.54) is 45.4 Å². The monoisotopic (exact) mass is 291 g/mol. The van der Waals surface area contributed by atoms with Crippen LogP contribution in [-0.4, -0.2) is 32.4 Å². The van der Waals surface area contributed by atoms with Crippen LogP contribution >= 0.6 is 0 Å². The minimum atomic E-state index is -4.60. The Morgan fingerprint density at radius 2 is 1.75 bits per heavy atom. The molecule has 0 bridgehead atoms. The molecule has 0 aromatic heterocycles. The van der Waals surface area contributed by atoms with Gasteiger partial charge in [-0.05, 0) is 24.6 Å². The highest BCUT2D eigenvalue weighted by atomic mass is 19.4. The van der Waals surface area contributed by atoms with E-state index >= 15 is 0 Å². The number of carbonyl (C=O) groups is 1. The molecule has 0 unspecified atom stereocenters. The normalized spacial score (nSPS) is 14.5. The average molecular weight is 291 g/mol. The summed E-state index contributed by atoms with van der Waals surface area (Å²) >= 11 is 0. The van der Waals surface area contributed by atoms with Crippen LogP contribution in [0.5, 0.6) is 5.75 Å². The maximum atomic E-state index is 13.0. The minimum Gasteiger partial charge on any atom is -0.497 e. The Kier molecular flexibility index (Phi) is 5.38. The lowest BCUT2D eigenvalue weighted by Crippen LogP contribution is -2.42. The summed E-state index contributed by atoms with van der Waals surface area (Å²) in [5, 5.41) is 1.93. The first-order valence-electron chi connectivity index (χ1n) is 5.83. The number of carbonyl (C=O) groups excluding carboxylic acids is 1. The molecule has 0 radical (unpaired) electrons. The fourth-order valence-electron chi connectivity index (χ4n) is 1.52. The van der Waals surface area contributed by atoms with Crippen molar-refractivity contribution in [2.24, 2.45) is 0 Å². The Labute approximate surface area is 114 Å². The molecular weight excluding hydrogens is 275 g/mol. The topological polar surface area (TPSA) is 47.6 Å². The highest BCUT2D eigenvalue weighted by molar-refractivity contribution is 5.80. The van der Waals surface area contributed by atoms with Crippen LogP contribution in [0.25, 0.3) is 0 Å². The molecule has 7 heteroatoms. The van der Waals surface area contributed by atoms with Gasteiger partial charge in [0.05, 0.1) is 7.11 Å². The molecule has 112 valence electrons. The van der Waals surface area contributed by atoms with Gasteiger partial charge in [0.15, 0.2) is 6.04 Å². The second-order valence-corrected chi connectivity index (χ2v) is 4.13. The Morgan fingerprint density at radius 3 is 2.15 bits per heavy atom.